The van der Waals surface area contributed by atoms with E-state index in [1.54, 1.807) is 17.1 Å². The summed E-state index contributed by atoms with van der Waals surface area (Å²) in [5.41, 5.74) is 3.08. The van der Waals surface area contributed by atoms with E-state index in [1.807, 2.05) is 59.8 Å². The molecule has 3 aromatic rings. The molecule has 4 rings (SSSR count). The molecule has 6 heteroatoms. The first-order valence-corrected chi connectivity index (χ1v) is 8.03. The van der Waals surface area contributed by atoms with E-state index in [9.17, 15) is 4.79 Å². The Morgan fingerprint density at radius 2 is 1.96 bits per heavy atom. The Hall–Kier alpha value is -3.41. The Balaban J connectivity index is 1.54. The van der Waals surface area contributed by atoms with Gasteiger partial charge in [0.05, 0.1) is 5.69 Å². The van der Waals surface area contributed by atoms with Crippen LogP contribution in [-0.4, -0.2) is 25.6 Å². The molecule has 1 aromatic carbocycles. The van der Waals surface area contributed by atoms with Crippen LogP contribution in [0, 0.1) is 0 Å². The van der Waals surface area contributed by atoms with Gasteiger partial charge in [-0.3, -0.25) is 9.78 Å². The fourth-order valence-electron chi connectivity index (χ4n) is 2.79. The molecule has 0 saturated heterocycles. The van der Waals surface area contributed by atoms with E-state index in [4.69, 9.17) is 0 Å². The van der Waals surface area contributed by atoms with Crippen molar-refractivity contribution in [3.8, 4) is 11.3 Å². The Bertz CT molecular complexity index is 872. The number of nitrogens with zero attached hydrogens (tertiary/aromatic N) is 4. The second-order valence-corrected chi connectivity index (χ2v) is 5.77. The topological polar surface area (TPSA) is 63.1 Å². The number of benzene rings is 1. The molecular weight excluding hydrogens is 314 g/mol. The zero-order valence-corrected chi connectivity index (χ0v) is 13.5. The summed E-state index contributed by atoms with van der Waals surface area (Å²) in [7, 11) is 0. The van der Waals surface area contributed by atoms with E-state index < -0.39 is 0 Å². The quantitative estimate of drug-likeness (QED) is 0.798. The highest BCUT2D eigenvalue weighted by Gasteiger charge is 2.23. The number of nitrogens with one attached hydrogen (secondary N) is 1. The predicted octanol–water partition coefficient (Wildman–Crippen LogP) is 2.55. The first-order valence-electron chi connectivity index (χ1n) is 8.03. The fourth-order valence-corrected chi connectivity index (χ4v) is 2.79. The molecule has 2 aromatic heterocycles. The molecule has 25 heavy (non-hydrogen) atoms. The van der Waals surface area contributed by atoms with E-state index in [-0.39, 0.29) is 12.2 Å². The summed E-state index contributed by atoms with van der Waals surface area (Å²) in [4.78, 5) is 18.3. The van der Waals surface area contributed by atoms with Gasteiger partial charge in [0.25, 0.3) is 0 Å². The summed E-state index contributed by atoms with van der Waals surface area (Å²) in [6.45, 7) is 0.614. The van der Waals surface area contributed by atoms with E-state index >= 15 is 0 Å². The number of carbonyl (C=O) groups excluding carboxylic acids is 1. The number of amides is 1. The van der Waals surface area contributed by atoms with Crippen LogP contribution in [0.25, 0.3) is 11.3 Å². The first kappa shape index (κ1) is 15.1. The molecule has 1 unspecified atom stereocenters. The van der Waals surface area contributed by atoms with Crippen LogP contribution in [0.4, 0.5) is 0 Å². The SMILES string of the molecule is O=C1C=CN(Cc2ccc(-c3ccccc3)nc2)C(n2cccn2)N1. The monoisotopic (exact) mass is 331 g/mol. The zero-order valence-electron chi connectivity index (χ0n) is 13.5. The van der Waals surface area contributed by atoms with Crippen molar-refractivity contribution in [2.45, 2.75) is 12.8 Å². The van der Waals surface area contributed by atoms with E-state index in [0.717, 1.165) is 16.8 Å². The van der Waals surface area contributed by atoms with Crippen molar-refractivity contribution in [2.24, 2.45) is 0 Å². The van der Waals surface area contributed by atoms with Crippen molar-refractivity contribution >= 4 is 5.91 Å². The molecule has 0 spiro atoms. The Morgan fingerprint density at radius 1 is 1.08 bits per heavy atom. The van der Waals surface area contributed by atoms with Gasteiger partial charge in [-0.25, -0.2) is 4.68 Å². The fraction of sp³-hybridized carbons (Fsp3) is 0.105. The van der Waals surface area contributed by atoms with Crippen LogP contribution >= 0.6 is 0 Å². The van der Waals surface area contributed by atoms with Gasteiger partial charge in [-0.15, -0.1) is 0 Å². The Labute approximate surface area is 145 Å². The molecule has 1 aliphatic heterocycles. The molecule has 0 aliphatic carbocycles. The van der Waals surface area contributed by atoms with E-state index in [1.165, 1.54) is 6.08 Å². The summed E-state index contributed by atoms with van der Waals surface area (Å²) in [5, 5.41) is 7.14. The van der Waals surface area contributed by atoms with Crippen molar-refractivity contribution < 1.29 is 4.79 Å². The summed E-state index contributed by atoms with van der Waals surface area (Å²) in [6.07, 6.45) is 8.35. The minimum absolute atomic E-state index is 0.130. The number of pyridine rings is 1. The molecule has 1 amide bonds. The second kappa shape index (κ2) is 6.60. The van der Waals surface area contributed by atoms with Crippen molar-refractivity contribution in [2.75, 3.05) is 0 Å². The highest BCUT2D eigenvalue weighted by atomic mass is 16.2. The van der Waals surface area contributed by atoms with Gasteiger partial charge >= 0.3 is 0 Å². The number of hydrogen-bond donors (Lipinski definition) is 1. The lowest BCUT2D eigenvalue weighted by Crippen LogP contribution is -2.44. The summed E-state index contributed by atoms with van der Waals surface area (Å²) >= 11 is 0. The lowest BCUT2D eigenvalue weighted by atomic mass is 10.1. The molecule has 6 nitrogen and oxygen atoms in total. The van der Waals surface area contributed by atoms with Gasteiger partial charge in [0, 0.05) is 43.0 Å². The standard InChI is InChI=1S/C19H17N5O/c25-18-9-12-23(19(22-18)24-11-4-10-21-24)14-15-7-8-17(20-13-15)16-5-2-1-3-6-16/h1-13,19H,14H2,(H,22,25). The van der Waals surface area contributed by atoms with Crippen molar-refractivity contribution in [1.82, 2.24) is 25.0 Å². The molecule has 1 aliphatic rings. The van der Waals surface area contributed by atoms with Gasteiger partial charge in [-0.2, -0.15) is 5.10 Å². The molecule has 0 bridgehead atoms. The molecule has 1 N–H and O–H groups in total. The van der Waals surface area contributed by atoms with Gasteiger partial charge in [0.15, 0.2) is 0 Å². The van der Waals surface area contributed by atoms with E-state index in [0.29, 0.717) is 6.54 Å². The van der Waals surface area contributed by atoms with Gasteiger partial charge in [0.2, 0.25) is 12.2 Å². The maximum absolute atomic E-state index is 11.7. The average Bonchev–Trinajstić information content (AvgIpc) is 3.19. The third-order valence-electron chi connectivity index (χ3n) is 4.04. The predicted molar refractivity (Wildman–Crippen MR) is 93.8 cm³/mol. The van der Waals surface area contributed by atoms with Crippen LogP contribution in [0.5, 0.6) is 0 Å². The molecule has 124 valence electrons. The molecule has 1 atom stereocenters. The molecular formula is C19H17N5O. The zero-order chi connectivity index (χ0) is 17.1. The lowest BCUT2D eigenvalue weighted by molar-refractivity contribution is -0.120. The van der Waals surface area contributed by atoms with Crippen LogP contribution in [0.15, 0.2) is 79.4 Å². The van der Waals surface area contributed by atoms with Crippen molar-refractivity contribution in [3.63, 3.8) is 0 Å². The van der Waals surface area contributed by atoms with E-state index in [2.05, 4.69) is 21.5 Å². The minimum Gasteiger partial charge on any atom is -0.335 e. The van der Waals surface area contributed by atoms with Crippen LogP contribution in [0.2, 0.25) is 0 Å². The summed E-state index contributed by atoms with van der Waals surface area (Å²) < 4.78 is 1.72. The van der Waals surface area contributed by atoms with Gasteiger partial charge < -0.3 is 10.2 Å². The average molecular weight is 331 g/mol. The summed E-state index contributed by atoms with van der Waals surface area (Å²) in [6, 6.07) is 16.0. The van der Waals surface area contributed by atoms with Crippen LogP contribution in [-0.2, 0) is 11.3 Å². The number of rotatable bonds is 4. The van der Waals surface area contributed by atoms with Crippen LogP contribution in [0.3, 0.4) is 0 Å². The molecule has 3 heterocycles. The highest BCUT2D eigenvalue weighted by Crippen LogP contribution is 2.20. The molecule has 0 radical (unpaired) electrons. The third-order valence-corrected chi connectivity index (χ3v) is 4.04. The normalized spacial score (nSPS) is 16.7. The highest BCUT2D eigenvalue weighted by molar-refractivity contribution is 5.88. The van der Waals surface area contributed by atoms with Crippen molar-refractivity contribution in [3.05, 3.63) is 85.0 Å². The van der Waals surface area contributed by atoms with Gasteiger partial charge in [0.1, 0.15) is 0 Å². The van der Waals surface area contributed by atoms with Gasteiger partial charge in [-0.05, 0) is 17.7 Å². The summed E-state index contributed by atoms with van der Waals surface area (Å²) in [5.74, 6) is -0.130. The Morgan fingerprint density at radius 3 is 2.68 bits per heavy atom. The third kappa shape index (κ3) is 3.28. The Kier molecular flexibility index (Phi) is 4.00. The lowest BCUT2D eigenvalue weighted by Gasteiger charge is -2.33. The largest absolute Gasteiger partial charge is 0.335 e. The van der Waals surface area contributed by atoms with Crippen LogP contribution in [0.1, 0.15) is 11.9 Å². The second-order valence-electron chi connectivity index (χ2n) is 5.77. The van der Waals surface area contributed by atoms with Gasteiger partial charge in [-0.1, -0.05) is 36.4 Å². The van der Waals surface area contributed by atoms with Crippen molar-refractivity contribution in [1.29, 1.82) is 0 Å². The smallest absolute Gasteiger partial charge is 0.248 e. The number of aromatic nitrogens is 3. The maximum Gasteiger partial charge on any atom is 0.248 e. The maximum atomic E-state index is 11.7. The molecule has 0 fully saturated rings. The van der Waals surface area contributed by atoms with Crippen LogP contribution < -0.4 is 5.32 Å². The molecule has 0 saturated carbocycles. The minimum atomic E-state index is -0.346. The number of carbonyl (C=O) groups is 1. The first-order chi connectivity index (χ1) is 12.3. The number of hydrogen-bond acceptors (Lipinski definition) is 4.